The zero-order valence-corrected chi connectivity index (χ0v) is 9.85. The highest BCUT2D eigenvalue weighted by molar-refractivity contribution is 5.54. The fourth-order valence-corrected chi connectivity index (χ4v) is 1.77. The lowest BCUT2D eigenvalue weighted by atomic mass is 10.2. The van der Waals surface area contributed by atoms with Crippen LogP contribution in [0.1, 0.15) is 25.6 Å². The minimum atomic E-state index is 0.978. The molecule has 2 rings (SSSR count). The molecule has 0 radical (unpaired) electrons. The molecule has 0 atom stereocenters. The van der Waals surface area contributed by atoms with Crippen LogP contribution in [0.25, 0.3) is 11.4 Å². The lowest BCUT2D eigenvalue weighted by molar-refractivity contribution is 0.620. The highest BCUT2D eigenvalue weighted by Gasteiger charge is 2.09. The number of nitrogens with zero attached hydrogens (tertiary/aromatic N) is 3. The molecule has 0 amide bonds. The van der Waals surface area contributed by atoms with Gasteiger partial charge in [0, 0.05) is 12.1 Å². The van der Waals surface area contributed by atoms with Crippen molar-refractivity contribution < 1.29 is 0 Å². The van der Waals surface area contributed by atoms with Gasteiger partial charge in [-0.05, 0) is 13.3 Å². The first kappa shape index (κ1) is 10.9. The van der Waals surface area contributed by atoms with Crippen molar-refractivity contribution in [3.63, 3.8) is 0 Å². The highest BCUT2D eigenvalue weighted by atomic mass is 15.3. The van der Waals surface area contributed by atoms with Crippen LogP contribution in [0, 0.1) is 6.92 Å². The largest absolute Gasteiger partial charge is 0.311 e. The van der Waals surface area contributed by atoms with Crippen LogP contribution in [-0.2, 0) is 6.54 Å². The topological polar surface area (TPSA) is 30.7 Å². The summed E-state index contributed by atoms with van der Waals surface area (Å²) in [6.07, 6.45) is 2.35. The maximum Gasteiger partial charge on any atom is 0.163 e. The van der Waals surface area contributed by atoms with E-state index in [2.05, 4.69) is 33.8 Å². The molecule has 0 saturated carbocycles. The molecule has 0 N–H and O–H groups in total. The predicted octanol–water partition coefficient (Wildman–Crippen LogP) is 3.05. The second-order valence-electron chi connectivity index (χ2n) is 3.94. The number of aromatic nitrogens is 3. The van der Waals surface area contributed by atoms with Crippen molar-refractivity contribution in [2.45, 2.75) is 33.2 Å². The van der Waals surface area contributed by atoms with E-state index in [-0.39, 0.29) is 0 Å². The number of benzene rings is 1. The van der Waals surface area contributed by atoms with Crippen molar-refractivity contribution in [2.75, 3.05) is 0 Å². The van der Waals surface area contributed by atoms with Crippen LogP contribution in [0.5, 0.6) is 0 Å². The number of unbranched alkanes of at least 4 members (excludes halogenated alkanes) is 1. The molecular formula is C13H17N3. The van der Waals surface area contributed by atoms with Gasteiger partial charge in [0.15, 0.2) is 5.82 Å². The van der Waals surface area contributed by atoms with Gasteiger partial charge >= 0.3 is 0 Å². The first-order valence-corrected chi connectivity index (χ1v) is 5.78. The van der Waals surface area contributed by atoms with Gasteiger partial charge in [0.25, 0.3) is 0 Å². The van der Waals surface area contributed by atoms with Crippen molar-refractivity contribution in [2.24, 2.45) is 0 Å². The standard InChI is InChI=1S/C13H17N3/c1-3-4-10-16-11(2)14-15-13(16)12-8-6-5-7-9-12/h5-9H,3-4,10H2,1-2H3. The zero-order chi connectivity index (χ0) is 11.4. The minimum Gasteiger partial charge on any atom is -0.311 e. The Morgan fingerprint density at radius 3 is 2.56 bits per heavy atom. The number of hydrogen-bond acceptors (Lipinski definition) is 2. The van der Waals surface area contributed by atoms with Gasteiger partial charge in [-0.15, -0.1) is 10.2 Å². The zero-order valence-electron chi connectivity index (χ0n) is 9.85. The molecule has 0 aliphatic carbocycles. The van der Waals surface area contributed by atoms with E-state index in [0.717, 1.165) is 23.8 Å². The molecule has 0 bridgehead atoms. The lowest BCUT2D eigenvalue weighted by Gasteiger charge is -2.07. The summed E-state index contributed by atoms with van der Waals surface area (Å²) >= 11 is 0. The Labute approximate surface area is 96.1 Å². The van der Waals surface area contributed by atoms with E-state index in [1.807, 2.05) is 25.1 Å². The second-order valence-corrected chi connectivity index (χ2v) is 3.94. The molecule has 3 heteroatoms. The molecule has 0 saturated heterocycles. The Balaban J connectivity index is 2.34. The van der Waals surface area contributed by atoms with Crippen molar-refractivity contribution in [1.29, 1.82) is 0 Å². The van der Waals surface area contributed by atoms with Crippen LogP contribution in [-0.4, -0.2) is 14.8 Å². The van der Waals surface area contributed by atoms with Gasteiger partial charge in [-0.3, -0.25) is 0 Å². The maximum absolute atomic E-state index is 4.25. The first-order chi connectivity index (χ1) is 7.83. The summed E-state index contributed by atoms with van der Waals surface area (Å²) in [5.74, 6) is 1.97. The van der Waals surface area contributed by atoms with E-state index in [9.17, 15) is 0 Å². The summed E-state index contributed by atoms with van der Waals surface area (Å²) in [4.78, 5) is 0. The van der Waals surface area contributed by atoms with Gasteiger partial charge in [-0.1, -0.05) is 43.7 Å². The summed E-state index contributed by atoms with van der Waals surface area (Å²) < 4.78 is 2.19. The lowest BCUT2D eigenvalue weighted by Crippen LogP contribution is -2.02. The normalized spacial score (nSPS) is 10.6. The molecule has 16 heavy (non-hydrogen) atoms. The molecule has 84 valence electrons. The molecule has 0 aliphatic rings. The molecule has 1 aromatic heterocycles. The Bertz CT molecular complexity index is 445. The Kier molecular flexibility index (Phi) is 3.34. The highest BCUT2D eigenvalue weighted by Crippen LogP contribution is 2.18. The van der Waals surface area contributed by atoms with Crippen molar-refractivity contribution in [3.05, 3.63) is 36.2 Å². The van der Waals surface area contributed by atoms with Crippen LogP contribution < -0.4 is 0 Å². The van der Waals surface area contributed by atoms with Crippen molar-refractivity contribution in [1.82, 2.24) is 14.8 Å². The Morgan fingerprint density at radius 1 is 1.12 bits per heavy atom. The fourth-order valence-electron chi connectivity index (χ4n) is 1.77. The first-order valence-electron chi connectivity index (χ1n) is 5.78. The third-order valence-electron chi connectivity index (χ3n) is 2.70. The van der Waals surface area contributed by atoms with E-state index in [1.165, 1.54) is 12.8 Å². The molecule has 3 nitrogen and oxygen atoms in total. The Morgan fingerprint density at radius 2 is 1.88 bits per heavy atom. The average molecular weight is 215 g/mol. The monoisotopic (exact) mass is 215 g/mol. The quantitative estimate of drug-likeness (QED) is 0.784. The molecule has 2 aromatic rings. The van der Waals surface area contributed by atoms with Crippen LogP contribution in [0.2, 0.25) is 0 Å². The van der Waals surface area contributed by atoms with E-state index in [0.29, 0.717) is 0 Å². The molecule has 0 aliphatic heterocycles. The van der Waals surface area contributed by atoms with Gasteiger partial charge in [-0.2, -0.15) is 0 Å². The summed E-state index contributed by atoms with van der Waals surface area (Å²) in [5, 5.41) is 8.41. The number of hydrogen-bond donors (Lipinski definition) is 0. The Hall–Kier alpha value is -1.64. The van der Waals surface area contributed by atoms with Gasteiger partial charge < -0.3 is 4.57 Å². The van der Waals surface area contributed by atoms with Crippen LogP contribution in [0.4, 0.5) is 0 Å². The van der Waals surface area contributed by atoms with Gasteiger partial charge in [0.2, 0.25) is 0 Å². The van der Waals surface area contributed by atoms with E-state index >= 15 is 0 Å². The van der Waals surface area contributed by atoms with E-state index in [1.54, 1.807) is 0 Å². The van der Waals surface area contributed by atoms with Crippen LogP contribution >= 0.6 is 0 Å². The molecule has 1 aromatic carbocycles. The molecule has 0 spiro atoms. The third kappa shape index (κ3) is 2.13. The number of aryl methyl sites for hydroxylation is 1. The number of rotatable bonds is 4. The smallest absolute Gasteiger partial charge is 0.163 e. The minimum absolute atomic E-state index is 0.978. The van der Waals surface area contributed by atoms with Crippen LogP contribution in [0.15, 0.2) is 30.3 Å². The maximum atomic E-state index is 4.25. The summed E-state index contributed by atoms with van der Waals surface area (Å²) in [6, 6.07) is 10.2. The van der Waals surface area contributed by atoms with E-state index < -0.39 is 0 Å². The summed E-state index contributed by atoms with van der Waals surface area (Å²) in [7, 11) is 0. The van der Waals surface area contributed by atoms with Crippen molar-refractivity contribution in [3.8, 4) is 11.4 Å². The fraction of sp³-hybridized carbons (Fsp3) is 0.385. The van der Waals surface area contributed by atoms with Gasteiger partial charge in [0.1, 0.15) is 5.82 Å². The molecule has 0 unspecified atom stereocenters. The second kappa shape index (κ2) is 4.92. The summed E-state index contributed by atoms with van der Waals surface area (Å²) in [5.41, 5.74) is 1.14. The van der Waals surface area contributed by atoms with Gasteiger partial charge in [0.05, 0.1) is 0 Å². The van der Waals surface area contributed by atoms with Gasteiger partial charge in [-0.25, -0.2) is 0 Å². The SMILES string of the molecule is CCCCn1c(C)nnc1-c1ccccc1. The van der Waals surface area contributed by atoms with Crippen LogP contribution in [0.3, 0.4) is 0 Å². The molecule has 0 fully saturated rings. The van der Waals surface area contributed by atoms with E-state index in [4.69, 9.17) is 0 Å². The predicted molar refractivity (Wildman–Crippen MR) is 65.1 cm³/mol. The molecular weight excluding hydrogens is 198 g/mol. The third-order valence-corrected chi connectivity index (χ3v) is 2.70. The molecule has 1 heterocycles. The average Bonchev–Trinajstić information content (AvgIpc) is 2.69. The summed E-state index contributed by atoms with van der Waals surface area (Å²) in [6.45, 7) is 5.20. The van der Waals surface area contributed by atoms with Crippen molar-refractivity contribution >= 4 is 0 Å².